The minimum absolute atomic E-state index is 0.158. The van der Waals surface area contributed by atoms with Gasteiger partial charge in [-0.25, -0.2) is 9.59 Å². The van der Waals surface area contributed by atoms with Gasteiger partial charge in [-0.2, -0.15) is 0 Å². The summed E-state index contributed by atoms with van der Waals surface area (Å²) in [4.78, 5) is 22.9. The number of ether oxygens (including phenoxy) is 1. The molecule has 0 spiro atoms. The number of aliphatic hydroxyl groups excluding tert-OH is 2. The molecule has 0 heterocycles. The number of carbonyl (C=O) groups is 2. The molecular weight excluding hydrogens is 308 g/mol. The van der Waals surface area contributed by atoms with Crippen LogP contribution < -0.4 is 0 Å². The topological polar surface area (TPSA) is 83.8 Å². The summed E-state index contributed by atoms with van der Waals surface area (Å²) in [5.41, 5.74) is 0.375. The fraction of sp³-hybridized carbons (Fsp3) is 0.684. The maximum absolute atomic E-state index is 11.6. The van der Waals surface area contributed by atoms with Gasteiger partial charge in [-0.15, -0.1) is 0 Å². The number of hydrogen-bond acceptors (Lipinski definition) is 5. The standard InChI is InChI=1S/C19H32O5/c1-14(2)18(22)24-19(23)15(3)13-17(21)12-10-8-6-5-7-9-11-16(4)20/h13,16-17,20-21H,1,5-12H2,2-4H3. The first-order valence-electron chi connectivity index (χ1n) is 8.70. The Morgan fingerprint density at radius 1 is 0.958 bits per heavy atom. The molecule has 138 valence electrons. The average Bonchev–Trinajstić information content (AvgIpc) is 2.49. The Balaban J connectivity index is 3.87. The van der Waals surface area contributed by atoms with Gasteiger partial charge < -0.3 is 14.9 Å². The lowest BCUT2D eigenvalue weighted by molar-refractivity contribution is -0.154. The van der Waals surface area contributed by atoms with E-state index in [0.29, 0.717) is 6.42 Å². The third kappa shape index (κ3) is 12.0. The molecule has 0 aromatic heterocycles. The van der Waals surface area contributed by atoms with Crippen LogP contribution >= 0.6 is 0 Å². The van der Waals surface area contributed by atoms with Crippen LogP contribution in [0.1, 0.15) is 72.1 Å². The minimum atomic E-state index is -0.752. The summed E-state index contributed by atoms with van der Waals surface area (Å²) in [7, 11) is 0. The molecule has 2 unspecified atom stereocenters. The van der Waals surface area contributed by atoms with Crippen molar-refractivity contribution < 1.29 is 24.5 Å². The van der Waals surface area contributed by atoms with Crippen LogP contribution in [0, 0.1) is 0 Å². The molecule has 0 aliphatic heterocycles. The van der Waals surface area contributed by atoms with E-state index >= 15 is 0 Å². The van der Waals surface area contributed by atoms with Crippen molar-refractivity contribution in [3.8, 4) is 0 Å². The summed E-state index contributed by atoms with van der Waals surface area (Å²) in [5.74, 6) is -1.50. The molecule has 0 saturated carbocycles. The highest BCUT2D eigenvalue weighted by Crippen LogP contribution is 2.12. The number of esters is 2. The molecule has 5 heteroatoms. The quantitative estimate of drug-likeness (QED) is 0.246. The summed E-state index contributed by atoms with van der Waals surface area (Å²) in [5, 5.41) is 19.1. The average molecular weight is 340 g/mol. The molecular formula is C19H32O5. The molecule has 2 atom stereocenters. The predicted molar refractivity (Wildman–Crippen MR) is 94.3 cm³/mol. The minimum Gasteiger partial charge on any atom is -0.393 e. The van der Waals surface area contributed by atoms with Crippen molar-refractivity contribution in [3.05, 3.63) is 23.8 Å². The number of hydrogen-bond donors (Lipinski definition) is 2. The van der Waals surface area contributed by atoms with Crippen molar-refractivity contribution in [1.82, 2.24) is 0 Å². The van der Waals surface area contributed by atoms with E-state index in [1.54, 1.807) is 6.92 Å². The first-order valence-corrected chi connectivity index (χ1v) is 8.70. The molecule has 0 aromatic carbocycles. The molecule has 24 heavy (non-hydrogen) atoms. The highest BCUT2D eigenvalue weighted by molar-refractivity contribution is 6.01. The van der Waals surface area contributed by atoms with Gasteiger partial charge in [0.15, 0.2) is 0 Å². The molecule has 0 saturated heterocycles. The third-order valence-electron chi connectivity index (χ3n) is 3.67. The number of rotatable bonds is 12. The van der Waals surface area contributed by atoms with Crippen LogP contribution in [-0.2, 0) is 14.3 Å². The SMILES string of the molecule is C=C(C)C(=O)OC(=O)C(C)=CC(O)CCCCCCCCC(C)O. The molecule has 5 nitrogen and oxygen atoms in total. The Labute approximate surface area is 145 Å². The summed E-state index contributed by atoms with van der Waals surface area (Å²) in [6, 6.07) is 0. The van der Waals surface area contributed by atoms with E-state index in [0.717, 1.165) is 44.9 Å². The van der Waals surface area contributed by atoms with Crippen LogP contribution in [0.25, 0.3) is 0 Å². The number of carbonyl (C=O) groups excluding carboxylic acids is 2. The number of unbranched alkanes of at least 4 members (excludes halogenated alkanes) is 5. The molecule has 0 amide bonds. The molecule has 0 aliphatic carbocycles. The van der Waals surface area contributed by atoms with Crippen molar-refractivity contribution >= 4 is 11.9 Å². The second-order valence-electron chi connectivity index (χ2n) is 6.42. The van der Waals surface area contributed by atoms with Gasteiger partial charge in [0.2, 0.25) is 0 Å². The number of aliphatic hydroxyl groups is 2. The zero-order chi connectivity index (χ0) is 18.5. The second-order valence-corrected chi connectivity index (χ2v) is 6.42. The van der Waals surface area contributed by atoms with Gasteiger partial charge in [-0.1, -0.05) is 45.1 Å². The normalized spacial score (nSPS) is 14.1. The summed E-state index contributed by atoms with van der Waals surface area (Å²) >= 11 is 0. The first-order chi connectivity index (χ1) is 11.2. The predicted octanol–water partition coefficient (Wildman–Crippen LogP) is 3.44. The molecule has 2 N–H and O–H groups in total. The van der Waals surface area contributed by atoms with Gasteiger partial charge in [-0.05, 0) is 39.7 Å². The Bertz CT molecular complexity index is 437. The van der Waals surface area contributed by atoms with Gasteiger partial charge in [0, 0.05) is 11.1 Å². The van der Waals surface area contributed by atoms with Gasteiger partial charge in [0.25, 0.3) is 0 Å². The summed E-state index contributed by atoms with van der Waals surface area (Å²) in [6.07, 6.45) is 8.23. The van der Waals surface area contributed by atoms with Crippen LogP contribution in [0.2, 0.25) is 0 Å². The zero-order valence-corrected chi connectivity index (χ0v) is 15.2. The Morgan fingerprint density at radius 2 is 1.46 bits per heavy atom. The molecule has 0 radical (unpaired) electrons. The lowest BCUT2D eigenvalue weighted by atomic mass is 10.0. The molecule has 0 aliphatic rings. The molecule has 0 bridgehead atoms. The van der Waals surface area contributed by atoms with Crippen molar-refractivity contribution in [2.75, 3.05) is 0 Å². The van der Waals surface area contributed by atoms with E-state index in [9.17, 15) is 14.7 Å². The van der Waals surface area contributed by atoms with E-state index in [1.807, 2.05) is 0 Å². The van der Waals surface area contributed by atoms with Crippen molar-refractivity contribution in [2.24, 2.45) is 0 Å². The van der Waals surface area contributed by atoms with Crippen LogP contribution in [-0.4, -0.2) is 34.4 Å². The summed E-state index contributed by atoms with van der Waals surface area (Å²) in [6.45, 7) is 8.19. The lowest BCUT2D eigenvalue weighted by Gasteiger charge is -2.08. The van der Waals surface area contributed by atoms with E-state index in [1.165, 1.54) is 19.9 Å². The Kier molecular flexibility index (Phi) is 12.1. The molecule has 0 rings (SSSR count). The van der Waals surface area contributed by atoms with Crippen LogP contribution in [0.5, 0.6) is 0 Å². The Hall–Kier alpha value is -1.46. The highest BCUT2D eigenvalue weighted by atomic mass is 16.6. The van der Waals surface area contributed by atoms with Gasteiger partial charge in [-0.3, -0.25) is 0 Å². The van der Waals surface area contributed by atoms with Gasteiger partial charge >= 0.3 is 11.9 Å². The van der Waals surface area contributed by atoms with Gasteiger partial charge in [0.1, 0.15) is 0 Å². The zero-order valence-electron chi connectivity index (χ0n) is 15.2. The summed E-state index contributed by atoms with van der Waals surface area (Å²) < 4.78 is 4.60. The second kappa shape index (κ2) is 12.9. The van der Waals surface area contributed by atoms with Crippen molar-refractivity contribution in [2.45, 2.75) is 84.3 Å². The third-order valence-corrected chi connectivity index (χ3v) is 3.67. The smallest absolute Gasteiger partial charge is 0.341 e. The highest BCUT2D eigenvalue weighted by Gasteiger charge is 2.14. The van der Waals surface area contributed by atoms with Crippen molar-refractivity contribution in [3.63, 3.8) is 0 Å². The maximum Gasteiger partial charge on any atom is 0.341 e. The maximum atomic E-state index is 11.6. The molecule has 0 fully saturated rings. The van der Waals surface area contributed by atoms with Gasteiger partial charge in [0.05, 0.1) is 12.2 Å². The van der Waals surface area contributed by atoms with E-state index in [2.05, 4.69) is 11.3 Å². The molecule has 0 aromatic rings. The fourth-order valence-electron chi connectivity index (χ4n) is 2.19. The van der Waals surface area contributed by atoms with Crippen LogP contribution in [0.3, 0.4) is 0 Å². The monoisotopic (exact) mass is 340 g/mol. The van der Waals surface area contributed by atoms with Crippen LogP contribution in [0.4, 0.5) is 0 Å². The van der Waals surface area contributed by atoms with E-state index in [4.69, 9.17) is 5.11 Å². The largest absolute Gasteiger partial charge is 0.393 e. The first kappa shape index (κ1) is 22.5. The lowest BCUT2D eigenvalue weighted by Crippen LogP contribution is -2.15. The Morgan fingerprint density at radius 3 is 1.96 bits per heavy atom. The van der Waals surface area contributed by atoms with Crippen LogP contribution in [0.15, 0.2) is 23.8 Å². The van der Waals surface area contributed by atoms with E-state index in [-0.39, 0.29) is 17.3 Å². The fourth-order valence-corrected chi connectivity index (χ4v) is 2.19. The van der Waals surface area contributed by atoms with Crippen molar-refractivity contribution in [1.29, 1.82) is 0 Å². The van der Waals surface area contributed by atoms with E-state index < -0.39 is 18.0 Å².